The molecule has 6 nitrogen and oxygen atoms in total. The summed E-state index contributed by atoms with van der Waals surface area (Å²) in [4.78, 5) is -0.345. The summed E-state index contributed by atoms with van der Waals surface area (Å²) in [5, 5.41) is -1.49. The van der Waals surface area contributed by atoms with Crippen LogP contribution in [0.2, 0.25) is 0 Å². The van der Waals surface area contributed by atoms with Gasteiger partial charge in [0, 0.05) is 22.5 Å². The van der Waals surface area contributed by atoms with Gasteiger partial charge >= 0.3 is 0 Å². The lowest BCUT2D eigenvalue weighted by Crippen LogP contribution is -2.22. The van der Waals surface area contributed by atoms with Crippen molar-refractivity contribution in [3.05, 3.63) is 23.8 Å². The van der Waals surface area contributed by atoms with Crippen LogP contribution in [0.15, 0.2) is 23.1 Å². The van der Waals surface area contributed by atoms with Gasteiger partial charge in [0.15, 0.2) is 9.84 Å². The fourth-order valence-electron chi connectivity index (χ4n) is 1.33. The third kappa shape index (κ3) is 3.35. The topological polar surface area (TPSA) is 104 Å². The lowest BCUT2D eigenvalue weighted by atomic mass is 10.2. The maximum absolute atomic E-state index is 11.4. The molecular formula is C9H12ClNO5S2. The van der Waals surface area contributed by atoms with Gasteiger partial charge in [0.2, 0.25) is 0 Å². The van der Waals surface area contributed by atoms with Crippen molar-refractivity contribution < 1.29 is 21.6 Å². The summed E-state index contributed by atoms with van der Waals surface area (Å²) in [7, 11) is -1.16. The summed E-state index contributed by atoms with van der Waals surface area (Å²) < 4.78 is 50.4. The van der Waals surface area contributed by atoms with Crippen LogP contribution in [-0.2, 0) is 18.9 Å². The molecule has 0 amide bonds. The molecule has 0 heterocycles. The molecule has 0 saturated carbocycles. The van der Waals surface area contributed by atoms with E-state index in [2.05, 4.69) is 0 Å². The number of methoxy groups -OCH3 is 1. The number of hydrogen-bond donors (Lipinski definition) is 1. The highest BCUT2D eigenvalue weighted by atomic mass is 35.7. The van der Waals surface area contributed by atoms with Gasteiger partial charge in [-0.25, -0.2) is 16.8 Å². The molecule has 1 aromatic carbocycles. The van der Waals surface area contributed by atoms with Crippen LogP contribution in [-0.4, -0.2) is 30.2 Å². The zero-order valence-electron chi connectivity index (χ0n) is 9.62. The van der Waals surface area contributed by atoms with Gasteiger partial charge in [-0.05, 0) is 18.2 Å². The molecule has 0 saturated heterocycles. The molecule has 0 aliphatic carbocycles. The number of halogens is 1. The predicted molar refractivity (Wildman–Crippen MR) is 67.8 cm³/mol. The van der Waals surface area contributed by atoms with Crippen LogP contribution in [0.4, 0.5) is 0 Å². The minimum absolute atomic E-state index is 0.119. The summed E-state index contributed by atoms with van der Waals surface area (Å²) in [5.41, 5.74) is 5.41. The summed E-state index contributed by atoms with van der Waals surface area (Å²) in [5.74, 6) is 0.285. The summed E-state index contributed by atoms with van der Waals surface area (Å²) in [6, 6.07) is 3.75. The maximum atomic E-state index is 11.4. The summed E-state index contributed by atoms with van der Waals surface area (Å²) >= 11 is 0. The fraction of sp³-hybridized carbons (Fsp3) is 0.333. The van der Waals surface area contributed by atoms with E-state index < -0.39 is 24.3 Å². The number of hydrogen-bond acceptors (Lipinski definition) is 6. The molecule has 0 fully saturated rings. The molecule has 0 aromatic heterocycles. The van der Waals surface area contributed by atoms with E-state index in [1.807, 2.05) is 0 Å². The second kappa shape index (κ2) is 5.04. The van der Waals surface area contributed by atoms with E-state index in [4.69, 9.17) is 21.2 Å². The second-order valence-electron chi connectivity index (χ2n) is 3.59. The average molecular weight is 314 g/mol. The van der Waals surface area contributed by atoms with Crippen LogP contribution in [0, 0.1) is 0 Å². The van der Waals surface area contributed by atoms with Crippen molar-refractivity contribution in [2.45, 2.75) is 10.3 Å². The third-order valence-corrected chi connectivity index (χ3v) is 4.82. The van der Waals surface area contributed by atoms with E-state index in [9.17, 15) is 16.8 Å². The number of nitrogens with two attached hydrogens (primary N) is 1. The van der Waals surface area contributed by atoms with Crippen LogP contribution >= 0.6 is 10.7 Å². The quantitative estimate of drug-likeness (QED) is 0.817. The van der Waals surface area contributed by atoms with Crippen LogP contribution in [0.3, 0.4) is 0 Å². The molecule has 1 atom stereocenters. The minimum atomic E-state index is -4.09. The molecule has 0 aliphatic rings. The first kappa shape index (κ1) is 15.2. The largest absolute Gasteiger partial charge is 0.497 e. The molecule has 102 valence electrons. The molecule has 1 aromatic rings. The first-order chi connectivity index (χ1) is 8.07. The molecule has 0 bridgehead atoms. The van der Waals surface area contributed by atoms with Gasteiger partial charge in [-0.3, -0.25) is 0 Å². The molecule has 1 rings (SSSR count). The molecule has 0 radical (unpaired) electrons. The molecule has 9 heteroatoms. The summed E-state index contributed by atoms with van der Waals surface area (Å²) in [6.45, 7) is 0. The molecule has 18 heavy (non-hydrogen) atoms. The number of benzene rings is 1. The number of ether oxygens (including phenoxy) is 1. The van der Waals surface area contributed by atoms with Gasteiger partial charge in [-0.2, -0.15) is 0 Å². The van der Waals surface area contributed by atoms with Crippen molar-refractivity contribution in [1.82, 2.24) is 0 Å². The molecule has 0 aliphatic heterocycles. The Balaban J connectivity index is 3.57. The number of rotatable bonds is 4. The lowest BCUT2D eigenvalue weighted by molar-refractivity contribution is 0.413. The number of sulfone groups is 1. The highest BCUT2D eigenvalue weighted by Gasteiger charge is 2.26. The molecule has 1 unspecified atom stereocenters. The standard InChI is InChI=1S/C9H12ClNO5S2/c1-16-6-3-4-8(18(10,14)15)7(5-6)9(11)17(2,12)13/h3-5,9H,11H2,1-2H3. The SMILES string of the molecule is COc1ccc(S(=O)(=O)Cl)c(C(N)S(C)(=O)=O)c1. The maximum Gasteiger partial charge on any atom is 0.261 e. The Bertz CT molecular complexity index is 654. The van der Waals surface area contributed by atoms with Gasteiger partial charge in [0.25, 0.3) is 9.05 Å². The normalized spacial score (nSPS) is 14.2. The zero-order valence-corrected chi connectivity index (χ0v) is 12.0. The molecule has 2 N–H and O–H groups in total. The Hall–Kier alpha value is -0.830. The Kier molecular flexibility index (Phi) is 4.26. The van der Waals surface area contributed by atoms with E-state index in [1.54, 1.807) is 0 Å². The van der Waals surface area contributed by atoms with Crippen molar-refractivity contribution in [3.8, 4) is 5.75 Å². The fourth-order valence-corrected chi connectivity index (χ4v) is 3.18. The van der Waals surface area contributed by atoms with Crippen molar-refractivity contribution in [2.24, 2.45) is 5.73 Å². The van der Waals surface area contributed by atoms with Crippen molar-refractivity contribution in [1.29, 1.82) is 0 Å². The van der Waals surface area contributed by atoms with Crippen LogP contribution in [0.25, 0.3) is 0 Å². The van der Waals surface area contributed by atoms with Crippen LogP contribution in [0.5, 0.6) is 5.75 Å². The van der Waals surface area contributed by atoms with E-state index >= 15 is 0 Å². The monoisotopic (exact) mass is 313 g/mol. The Morgan fingerprint density at radius 1 is 1.28 bits per heavy atom. The van der Waals surface area contributed by atoms with Gasteiger partial charge in [0.1, 0.15) is 11.1 Å². The van der Waals surface area contributed by atoms with E-state index in [0.29, 0.717) is 0 Å². The van der Waals surface area contributed by atoms with Gasteiger partial charge in [0.05, 0.1) is 12.0 Å². The second-order valence-corrected chi connectivity index (χ2v) is 8.29. The van der Waals surface area contributed by atoms with E-state index in [-0.39, 0.29) is 16.2 Å². The molecule has 0 spiro atoms. The van der Waals surface area contributed by atoms with Crippen molar-refractivity contribution in [2.75, 3.05) is 13.4 Å². The lowest BCUT2D eigenvalue weighted by Gasteiger charge is -2.14. The van der Waals surface area contributed by atoms with Gasteiger partial charge < -0.3 is 10.5 Å². The molecular weight excluding hydrogens is 302 g/mol. The van der Waals surface area contributed by atoms with Crippen LogP contribution < -0.4 is 10.5 Å². The van der Waals surface area contributed by atoms with Crippen molar-refractivity contribution >= 4 is 29.6 Å². The Morgan fingerprint density at radius 2 is 1.83 bits per heavy atom. The Labute approximate surface area is 110 Å². The first-order valence-corrected chi connectivity index (χ1v) is 8.91. The minimum Gasteiger partial charge on any atom is -0.497 e. The van der Waals surface area contributed by atoms with Crippen molar-refractivity contribution in [3.63, 3.8) is 0 Å². The van der Waals surface area contributed by atoms with Gasteiger partial charge in [-0.15, -0.1) is 0 Å². The zero-order chi connectivity index (χ0) is 14.1. The van der Waals surface area contributed by atoms with E-state index in [0.717, 1.165) is 12.3 Å². The predicted octanol–water partition coefficient (Wildman–Crippen LogP) is 0.625. The van der Waals surface area contributed by atoms with E-state index in [1.165, 1.54) is 19.2 Å². The smallest absolute Gasteiger partial charge is 0.261 e. The summed E-state index contributed by atoms with van der Waals surface area (Å²) in [6.07, 6.45) is 0.905. The third-order valence-electron chi connectivity index (χ3n) is 2.25. The van der Waals surface area contributed by atoms with Crippen LogP contribution in [0.1, 0.15) is 10.9 Å². The highest BCUT2D eigenvalue weighted by molar-refractivity contribution is 8.13. The highest BCUT2D eigenvalue weighted by Crippen LogP contribution is 2.30. The average Bonchev–Trinajstić information content (AvgIpc) is 2.24. The Morgan fingerprint density at radius 3 is 2.22 bits per heavy atom. The van der Waals surface area contributed by atoms with Gasteiger partial charge in [-0.1, -0.05) is 0 Å². The first-order valence-electron chi connectivity index (χ1n) is 4.64.